The lowest BCUT2D eigenvalue weighted by Gasteiger charge is -2.10. The van der Waals surface area contributed by atoms with Crippen LogP contribution >= 0.6 is 0 Å². The molecular formula is C9H16O4. The highest BCUT2D eigenvalue weighted by Gasteiger charge is 2.10. The van der Waals surface area contributed by atoms with Gasteiger partial charge < -0.3 is 14.9 Å². The third kappa shape index (κ3) is 6.31. The van der Waals surface area contributed by atoms with Gasteiger partial charge in [-0.05, 0) is 6.42 Å². The fourth-order valence-electron chi connectivity index (χ4n) is 0.794. The Kier molecular flexibility index (Phi) is 6.18. The molecule has 1 atom stereocenters. The highest BCUT2D eigenvalue weighted by molar-refractivity contribution is 5.85. The number of aliphatic hydroxyl groups excluding tert-OH is 1. The van der Waals surface area contributed by atoms with Gasteiger partial charge in [-0.2, -0.15) is 0 Å². The van der Waals surface area contributed by atoms with E-state index in [9.17, 15) is 9.90 Å². The Morgan fingerprint density at radius 2 is 2.23 bits per heavy atom. The molecule has 4 nitrogen and oxygen atoms in total. The lowest BCUT2D eigenvalue weighted by Crippen LogP contribution is -2.18. The lowest BCUT2D eigenvalue weighted by atomic mass is 10.1. The smallest absolute Gasteiger partial charge is 0.331 e. The van der Waals surface area contributed by atoms with Crippen molar-refractivity contribution >= 4 is 5.97 Å². The van der Waals surface area contributed by atoms with Gasteiger partial charge in [-0.1, -0.05) is 13.5 Å². The van der Waals surface area contributed by atoms with Gasteiger partial charge in [0, 0.05) is 18.6 Å². The summed E-state index contributed by atoms with van der Waals surface area (Å²) in [6.07, 6.45) is 0.168. The highest BCUT2D eigenvalue weighted by atomic mass is 16.5. The fourth-order valence-corrected chi connectivity index (χ4v) is 0.794. The Hall–Kier alpha value is -0.870. The second kappa shape index (κ2) is 6.62. The van der Waals surface area contributed by atoms with Gasteiger partial charge in [0.15, 0.2) is 0 Å². The molecule has 0 aliphatic carbocycles. The summed E-state index contributed by atoms with van der Waals surface area (Å²) in [6.45, 7) is 6.01. The summed E-state index contributed by atoms with van der Waals surface area (Å²) in [4.78, 5) is 10.3. The Morgan fingerprint density at radius 3 is 2.69 bits per heavy atom. The molecule has 0 rings (SSSR count). The molecule has 0 saturated heterocycles. The van der Waals surface area contributed by atoms with Crippen molar-refractivity contribution in [1.82, 2.24) is 0 Å². The van der Waals surface area contributed by atoms with E-state index < -0.39 is 12.1 Å². The quantitative estimate of drug-likeness (QED) is 0.458. The largest absolute Gasteiger partial charge is 0.478 e. The van der Waals surface area contributed by atoms with Crippen LogP contribution < -0.4 is 0 Å². The predicted octanol–water partition coefficient (Wildman–Crippen LogP) is 0.805. The first-order valence-electron chi connectivity index (χ1n) is 4.24. The second-order valence-electron chi connectivity index (χ2n) is 2.84. The third-order valence-corrected chi connectivity index (χ3v) is 1.44. The van der Waals surface area contributed by atoms with Crippen molar-refractivity contribution in [2.24, 2.45) is 0 Å². The van der Waals surface area contributed by atoms with Gasteiger partial charge in [0.05, 0.1) is 12.7 Å². The molecule has 0 aromatic carbocycles. The molecule has 0 fully saturated rings. The SMILES string of the molecule is C=C(CC(O)COCCC)C(=O)O. The van der Waals surface area contributed by atoms with Gasteiger partial charge in [0.2, 0.25) is 0 Å². The summed E-state index contributed by atoms with van der Waals surface area (Å²) in [7, 11) is 0. The van der Waals surface area contributed by atoms with Gasteiger partial charge in [0.25, 0.3) is 0 Å². The Balaban J connectivity index is 3.55. The van der Waals surface area contributed by atoms with Gasteiger partial charge in [0.1, 0.15) is 0 Å². The summed E-state index contributed by atoms with van der Waals surface area (Å²) in [5, 5.41) is 17.7. The first kappa shape index (κ1) is 12.1. The third-order valence-electron chi connectivity index (χ3n) is 1.44. The minimum absolute atomic E-state index is 0.00704. The van der Waals surface area contributed by atoms with Gasteiger partial charge >= 0.3 is 5.97 Å². The molecule has 4 heteroatoms. The van der Waals surface area contributed by atoms with Crippen molar-refractivity contribution in [3.8, 4) is 0 Å². The first-order valence-corrected chi connectivity index (χ1v) is 4.24. The standard InChI is InChI=1S/C9H16O4/c1-3-4-13-6-8(10)5-7(2)9(11)12/h8,10H,2-6H2,1H3,(H,11,12). The number of hydrogen-bond donors (Lipinski definition) is 2. The molecular weight excluding hydrogens is 172 g/mol. The zero-order chi connectivity index (χ0) is 10.3. The van der Waals surface area contributed by atoms with Gasteiger partial charge in [-0.15, -0.1) is 0 Å². The molecule has 0 heterocycles. The van der Waals surface area contributed by atoms with Crippen LogP contribution in [-0.2, 0) is 9.53 Å². The molecule has 0 aliphatic rings. The molecule has 2 N–H and O–H groups in total. The van der Waals surface area contributed by atoms with Crippen molar-refractivity contribution in [3.63, 3.8) is 0 Å². The fraction of sp³-hybridized carbons (Fsp3) is 0.667. The number of hydrogen-bond acceptors (Lipinski definition) is 3. The average Bonchev–Trinajstić information content (AvgIpc) is 2.04. The number of aliphatic hydroxyl groups is 1. The summed E-state index contributed by atoms with van der Waals surface area (Å²) in [6, 6.07) is 0. The summed E-state index contributed by atoms with van der Waals surface area (Å²) in [5.41, 5.74) is 0.00704. The number of ether oxygens (including phenoxy) is 1. The van der Waals surface area contributed by atoms with Crippen LogP contribution in [0.15, 0.2) is 12.2 Å². The van der Waals surface area contributed by atoms with E-state index in [4.69, 9.17) is 9.84 Å². The summed E-state index contributed by atoms with van der Waals surface area (Å²) < 4.78 is 5.04. The number of rotatable bonds is 7. The van der Waals surface area contributed by atoms with Crippen molar-refractivity contribution in [1.29, 1.82) is 0 Å². The maximum absolute atomic E-state index is 10.3. The van der Waals surface area contributed by atoms with Crippen LogP contribution in [0.3, 0.4) is 0 Å². The van der Waals surface area contributed by atoms with Crippen LogP contribution in [-0.4, -0.2) is 35.5 Å². The highest BCUT2D eigenvalue weighted by Crippen LogP contribution is 2.03. The Labute approximate surface area is 77.8 Å². The van der Waals surface area contributed by atoms with E-state index in [1.54, 1.807) is 0 Å². The molecule has 0 amide bonds. The molecule has 76 valence electrons. The predicted molar refractivity (Wildman–Crippen MR) is 48.5 cm³/mol. The van der Waals surface area contributed by atoms with Crippen molar-refractivity contribution in [2.45, 2.75) is 25.9 Å². The normalized spacial score (nSPS) is 12.5. The van der Waals surface area contributed by atoms with E-state index in [0.717, 1.165) is 6.42 Å². The van der Waals surface area contributed by atoms with Crippen molar-refractivity contribution < 1.29 is 19.7 Å². The topological polar surface area (TPSA) is 66.8 Å². The van der Waals surface area contributed by atoms with Crippen LogP contribution in [0.25, 0.3) is 0 Å². The zero-order valence-corrected chi connectivity index (χ0v) is 7.82. The lowest BCUT2D eigenvalue weighted by molar-refractivity contribution is -0.133. The Morgan fingerprint density at radius 1 is 1.62 bits per heavy atom. The van der Waals surface area contributed by atoms with E-state index >= 15 is 0 Å². The van der Waals surface area contributed by atoms with E-state index in [2.05, 4.69) is 6.58 Å². The van der Waals surface area contributed by atoms with Crippen LogP contribution in [0.5, 0.6) is 0 Å². The van der Waals surface area contributed by atoms with Gasteiger partial charge in [-0.3, -0.25) is 0 Å². The summed E-state index contributed by atoms with van der Waals surface area (Å²) in [5.74, 6) is -1.07. The van der Waals surface area contributed by atoms with Crippen LogP contribution in [0.1, 0.15) is 19.8 Å². The minimum atomic E-state index is -1.07. The molecule has 0 aromatic rings. The van der Waals surface area contributed by atoms with Crippen LogP contribution in [0.2, 0.25) is 0 Å². The van der Waals surface area contributed by atoms with E-state index in [0.29, 0.717) is 6.61 Å². The van der Waals surface area contributed by atoms with E-state index in [1.165, 1.54) is 0 Å². The molecule has 13 heavy (non-hydrogen) atoms. The summed E-state index contributed by atoms with van der Waals surface area (Å²) >= 11 is 0. The van der Waals surface area contributed by atoms with Crippen LogP contribution in [0.4, 0.5) is 0 Å². The molecule has 0 radical (unpaired) electrons. The number of carboxylic acids is 1. The average molecular weight is 188 g/mol. The Bertz CT molecular complexity index is 176. The molecule has 0 saturated carbocycles. The molecule has 0 spiro atoms. The maximum atomic E-state index is 10.3. The van der Waals surface area contributed by atoms with Crippen molar-refractivity contribution in [3.05, 3.63) is 12.2 Å². The first-order chi connectivity index (χ1) is 6.07. The zero-order valence-electron chi connectivity index (χ0n) is 7.82. The monoisotopic (exact) mass is 188 g/mol. The minimum Gasteiger partial charge on any atom is -0.478 e. The number of carbonyl (C=O) groups is 1. The van der Waals surface area contributed by atoms with Crippen molar-refractivity contribution in [2.75, 3.05) is 13.2 Å². The number of carboxylic acid groups (broad SMARTS) is 1. The molecule has 0 aromatic heterocycles. The number of aliphatic carboxylic acids is 1. The molecule has 0 bridgehead atoms. The second-order valence-corrected chi connectivity index (χ2v) is 2.84. The van der Waals surface area contributed by atoms with E-state index in [1.807, 2.05) is 6.92 Å². The molecule has 0 aliphatic heterocycles. The van der Waals surface area contributed by atoms with E-state index in [-0.39, 0.29) is 18.6 Å². The molecule has 1 unspecified atom stereocenters. The van der Waals surface area contributed by atoms with Gasteiger partial charge in [-0.25, -0.2) is 4.79 Å². The van der Waals surface area contributed by atoms with Crippen LogP contribution in [0, 0.1) is 0 Å². The maximum Gasteiger partial charge on any atom is 0.331 e.